The molecule has 0 atom stereocenters. The Bertz CT molecular complexity index is 445. The molecule has 0 aliphatic heterocycles. The average molecular weight is 306 g/mol. The fourth-order valence-electron chi connectivity index (χ4n) is 2.17. The Morgan fingerprint density at radius 3 is 2.23 bits per heavy atom. The summed E-state index contributed by atoms with van der Waals surface area (Å²) in [5.74, 6) is 0. The van der Waals surface area contributed by atoms with Crippen LogP contribution in [-0.4, -0.2) is 24.3 Å². The normalized spacial score (nSPS) is 11.5. The molecule has 0 unspecified atom stereocenters. The minimum atomic E-state index is -0.481. The lowest BCUT2D eigenvalue weighted by atomic mass is 10.1. The first-order valence-corrected chi connectivity index (χ1v) is 8.16. The number of ether oxygens (including phenoxy) is 1. The average Bonchev–Trinajstić information content (AvgIpc) is 2.43. The van der Waals surface area contributed by atoms with Crippen LogP contribution in [0.15, 0.2) is 24.3 Å². The summed E-state index contributed by atoms with van der Waals surface area (Å²) in [7, 11) is 0. The van der Waals surface area contributed by atoms with Crippen LogP contribution in [0.3, 0.4) is 0 Å². The lowest BCUT2D eigenvalue weighted by Crippen LogP contribution is -2.29. The highest BCUT2D eigenvalue weighted by Crippen LogP contribution is 2.13. The van der Waals surface area contributed by atoms with E-state index in [1.165, 1.54) is 5.56 Å². The van der Waals surface area contributed by atoms with Crippen LogP contribution in [0.5, 0.6) is 0 Å². The minimum Gasteiger partial charge on any atom is -0.444 e. The fourth-order valence-corrected chi connectivity index (χ4v) is 2.17. The molecule has 1 rings (SSSR count). The highest BCUT2D eigenvalue weighted by molar-refractivity contribution is 5.84. The lowest BCUT2D eigenvalue weighted by Gasteiger charge is -2.19. The SMILES string of the molecule is CCC(CC)NCCc1ccc(NC(=O)OC(C)(C)C)cc1. The molecule has 0 bridgehead atoms. The van der Waals surface area contributed by atoms with Gasteiger partial charge in [-0.05, 0) is 64.3 Å². The van der Waals surface area contributed by atoms with Gasteiger partial charge in [-0.15, -0.1) is 0 Å². The highest BCUT2D eigenvalue weighted by Gasteiger charge is 2.16. The van der Waals surface area contributed by atoms with Crippen LogP contribution in [-0.2, 0) is 11.2 Å². The van der Waals surface area contributed by atoms with E-state index in [9.17, 15) is 4.79 Å². The number of carbonyl (C=O) groups is 1. The molecule has 0 aliphatic carbocycles. The van der Waals surface area contributed by atoms with E-state index in [-0.39, 0.29) is 0 Å². The van der Waals surface area contributed by atoms with Crippen molar-refractivity contribution in [1.82, 2.24) is 5.32 Å². The standard InChI is InChI=1S/C18H30N2O2/c1-6-15(7-2)19-13-12-14-8-10-16(11-9-14)20-17(21)22-18(3,4)5/h8-11,15,19H,6-7,12-13H2,1-5H3,(H,20,21). The van der Waals surface area contributed by atoms with Gasteiger partial charge in [0.2, 0.25) is 0 Å². The summed E-state index contributed by atoms with van der Waals surface area (Å²) < 4.78 is 5.23. The second-order valence-electron chi connectivity index (χ2n) is 6.54. The van der Waals surface area contributed by atoms with E-state index in [1.807, 2.05) is 45.0 Å². The number of nitrogens with one attached hydrogen (secondary N) is 2. The van der Waals surface area contributed by atoms with Gasteiger partial charge in [-0.25, -0.2) is 4.79 Å². The Kier molecular flexibility index (Phi) is 7.39. The van der Waals surface area contributed by atoms with Gasteiger partial charge >= 0.3 is 6.09 Å². The summed E-state index contributed by atoms with van der Waals surface area (Å²) >= 11 is 0. The molecular weight excluding hydrogens is 276 g/mol. The van der Waals surface area contributed by atoms with Crippen LogP contribution < -0.4 is 10.6 Å². The predicted molar refractivity (Wildman–Crippen MR) is 92.4 cm³/mol. The summed E-state index contributed by atoms with van der Waals surface area (Å²) in [4.78, 5) is 11.7. The van der Waals surface area contributed by atoms with Gasteiger partial charge < -0.3 is 10.1 Å². The summed E-state index contributed by atoms with van der Waals surface area (Å²) in [5.41, 5.74) is 1.53. The third-order valence-electron chi connectivity index (χ3n) is 3.43. The molecule has 0 aliphatic rings. The molecule has 124 valence electrons. The molecule has 1 aromatic rings. The van der Waals surface area contributed by atoms with E-state index in [0.717, 1.165) is 31.5 Å². The number of hydrogen-bond donors (Lipinski definition) is 2. The van der Waals surface area contributed by atoms with E-state index in [4.69, 9.17) is 4.74 Å². The topological polar surface area (TPSA) is 50.4 Å². The van der Waals surface area contributed by atoms with Gasteiger partial charge in [0.25, 0.3) is 0 Å². The monoisotopic (exact) mass is 306 g/mol. The Hall–Kier alpha value is -1.55. The summed E-state index contributed by atoms with van der Waals surface area (Å²) in [6.45, 7) is 10.9. The summed E-state index contributed by atoms with van der Waals surface area (Å²) in [6, 6.07) is 8.52. The van der Waals surface area contributed by atoms with Crippen molar-refractivity contribution >= 4 is 11.8 Å². The van der Waals surface area contributed by atoms with Crippen LogP contribution >= 0.6 is 0 Å². The quantitative estimate of drug-likeness (QED) is 0.787. The van der Waals surface area contributed by atoms with Crippen LogP contribution in [0.1, 0.15) is 53.0 Å². The number of rotatable bonds is 7. The first-order chi connectivity index (χ1) is 10.3. The molecule has 0 radical (unpaired) electrons. The van der Waals surface area contributed by atoms with Gasteiger partial charge in [0.05, 0.1) is 0 Å². The third-order valence-corrected chi connectivity index (χ3v) is 3.43. The molecule has 22 heavy (non-hydrogen) atoms. The van der Waals surface area contributed by atoms with E-state index in [2.05, 4.69) is 24.5 Å². The molecule has 4 nitrogen and oxygen atoms in total. The summed E-state index contributed by atoms with van der Waals surface area (Å²) in [5, 5.41) is 6.29. The molecule has 0 spiro atoms. The van der Waals surface area contributed by atoms with Gasteiger partial charge in [-0.3, -0.25) is 5.32 Å². The maximum Gasteiger partial charge on any atom is 0.412 e. The molecule has 0 saturated carbocycles. The molecule has 0 heterocycles. The highest BCUT2D eigenvalue weighted by atomic mass is 16.6. The van der Waals surface area contributed by atoms with E-state index >= 15 is 0 Å². The predicted octanol–water partition coefficient (Wildman–Crippen LogP) is 4.35. The number of amides is 1. The van der Waals surface area contributed by atoms with Crippen LogP contribution in [0.2, 0.25) is 0 Å². The zero-order chi connectivity index (χ0) is 16.6. The van der Waals surface area contributed by atoms with Crippen molar-refractivity contribution in [3.05, 3.63) is 29.8 Å². The zero-order valence-corrected chi connectivity index (χ0v) is 14.5. The van der Waals surface area contributed by atoms with Crippen molar-refractivity contribution in [2.45, 2.75) is 65.5 Å². The van der Waals surface area contributed by atoms with Crippen molar-refractivity contribution in [2.75, 3.05) is 11.9 Å². The molecule has 1 aromatic carbocycles. The Labute approximate surface area is 134 Å². The van der Waals surface area contributed by atoms with Crippen molar-refractivity contribution in [1.29, 1.82) is 0 Å². The molecule has 4 heteroatoms. The first-order valence-electron chi connectivity index (χ1n) is 8.16. The first kappa shape index (κ1) is 18.5. The van der Waals surface area contributed by atoms with Gasteiger partial charge in [0, 0.05) is 11.7 Å². The number of hydrogen-bond acceptors (Lipinski definition) is 3. The molecule has 2 N–H and O–H groups in total. The minimum absolute atomic E-state index is 0.421. The fraction of sp³-hybridized carbons (Fsp3) is 0.611. The van der Waals surface area contributed by atoms with Gasteiger partial charge in [-0.1, -0.05) is 26.0 Å². The van der Waals surface area contributed by atoms with Gasteiger partial charge in [0.1, 0.15) is 5.60 Å². The van der Waals surface area contributed by atoms with E-state index in [0.29, 0.717) is 6.04 Å². The molecule has 0 saturated heterocycles. The second-order valence-corrected chi connectivity index (χ2v) is 6.54. The molecular formula is C18H30N2O2. The largest absolute Gasteiger partial charge is 0.444 e. The third kappa shape index (κ3) is 7.46. The van der Waals surface area contributed by atoms with E-state index in [1.54, 1.807) is 0 Å². The van der Waals surface area contributed by atoms with Crippen molar-refractivity contribution in [2.24, 2.45) is 0 Å². The Morgan fingerprint density at radius 1 is 1.14 bits per heavy atom. The van der Waals surface area contributed by atoms with Crippen molar-refractivity contribution < 1.29 is 9.53 Å². The smallest absolute Gasteiger partial charge is 0.412 e. The van der Waals surface area contributed by atoms with Crippen LogP contribution in [0.25, 0.3) is 0 Å². The summed E-state index contributed by atoms with van der Waals surface area (Å²) in [6.07, 6.45) is 2.89. The molecule has 1 amide bonds. The van der Waals surface area contributed by atoms with Gasteiger partial charge in [0.15, 0.2) is 0 Å². The van der Waals surface area contributed by atoms with Crippen LogP contribution in [0.4, 0.5) is 10.5 Å². The number of benzene rings is 1. The maximum absolute atomic E-state index is 11.7. The lowest BCUT2D eigenvalue weighted by molar-refractivity contribution is 0.0636. The van der Waals surface area contributed by atoms with E-state index < -0.39 is 11.7 Å². The Morgan fingerprint density at radius 2 is 1.73 bits per heavy atom. The Balaban J connectivity index is 2.41. The van der Waals surface area contributed by atoms with Crippen molar-refractivity contribution in [3.8, 4) is 0 Å². The molecule has 0 aromatic heterocycles. The zero-order valence-electron chi connectivity index (χ0n) is 14.5. The van der Waals surface area contributed by atoms with Gasteiger partial charge in [-0.2, -0.15) is 0 Å². The number of carbonyl (C=O) groups excluding carboxylic acids is 1. The maximum atomic E-state index is 11.7. The number of anilines is 1. The van der Waals surface area contributed by atoms with Crippen molar-refractivity contribution in [3.63, 3.8) is 0 Å². The second kappa shape index (κ2) is 8.79. The van der Waals surface area contributed by atoms with Crippen LogP contribution in [0, 0.1) is 0 Å². The molecule has 0 fully saturated rings.